The molecule has 1 aromatic heterocycles. The zero-order valence-electron chi connectivity index (χ0n) is 13.2. The second-order valence-corrected chi connectivity index (χ2v) is 6.23. The van der Waals surface area contributed by atoms with E-state index in [2.05, 4.69) is 19.7 Å². The molecule has 1 fully saturated rings. The van der Waals surface area contributed by atoms with Gasteiger partial charge in [0.2, 0.25) is 5.82 Å². The van der Waals surface area contributed by atoms with Gasteiger partial charge in [0, 0.05) is 25.3 Å². The Bertz CT molecular complexity index is 730. The molecule has 0 radical (unpaired) electrons. The lowest BCUT2D eigenvalue weighted by molar-refractivity contribution is -0.120. The maximum atomic E-state index is 12.5. The van der Waals surface area contributed by atoms with E-state index in [1.807, 2.05) is 18.2 Å². The highest BCUT2D eigenvalue weighted by Gasteiger charge is 2.26. The molecular formula is C16H18N4O3S. The zero-order chi connectivity index (χ0) is 16.4. The van der Waals surface area contributed by atoms with Gasteiger partial charge in [-0.3, -0.25) is 4.79 Å². The van der Waals surface area contributed by atoms with Crippen molar-refractivity contribution in [3.8, 4) is 5.88 Å². The van der Waals surface area contributed by atoms with Gasteiger partial charge in [-0.2, -0.15) is 4.37 Å². The molecule has 4 rings (SSSR count). The highest BCUT2D eigenvalue weighted by molar-refractivity contribution is 6.99. The molecule has 1 amide bonds. The third kappa shape index (κ3) is 2.94. The van der Waals surface area contributed by atoms with Gasteiger partial charge in [0.05, 0.1) is 24.9 Å². The topological polar surface area (TPSA) is 67.8 Å². The summed E-state index contributed by atoms with van der Waals surface area (Å²) >= 11 is 1.10. The summed E-state index contributed by atoms with van der Waals surface area (Å²) in [5.41, 5.74) is 2.19. The first-order valence-corrected chi connectivity index (χ1v) is 8.72. The summed E-state index contributed by atoms with van der Waals surface area (Å²) in [7, 11) is 0. The number of morpholine rings is 1. The molecule has 0 saturated carbocycles. The molecule has 2 aliphatic rings. The van der Waals surface area contributed by atoms with Gasteiger partial charge in [0.25, 0.3) is 11.8 Å². The molecule has 2 aliphatic heterocycles. The van der Waals surface area contributed by atoms with Crippen LogP contribution in [0.1, 0.15) is 5.56 Å². The molecule has 8 heteroatoms. The largest absolute Gasteiger partial charge is 0.464 e. The van der Waals surface area contributed by atoms with Crippen molar-refractivity contribution in [1.82, 2.24) is 8.75 Å². The van der Waals surface area contributed by atoms with Gasteiger partial charge in [0.1, 0.15) is 0 Å². The fourth-order valence-corrected chi connectivity index (χ4v) is 3.56. The molecule has 0 N–H and O–H groups in total. The number of fused-ring (bicyclic) bond motifs is 1. The number of hydrogen-bond acceptors (Lipinski definition) is 7. The number of para-hydroxylation sites is 1. The van der Waals surface area contributed by atoms with E-state index in [1.165, 1.54) is 5.56 Å². The van der Waals surface area contributed by atoms with E-state index in [0.717, 1.165) is 36.9 Å². The molecule has 24 heavy (non-hydrogen) atoms. The van der Waals surface area contributed by atoms with Crippen LogP contribution in [0.3, 0.4) is 0 Å². The minimum absolute atomic E-state index is 0.0307. The molecular weight excluding hydrogens is 328 g/mol. The highest BCUT2D eigenvalue weighted by Crippen LogP contribution is 2.29. The van der Waals surface area contributed by atoms with Gasteiger partial charge in [-0.1, -0.05) is 18.2 Å². The summed E-state index contributed by atoms with van der Waals surface area (Å²) in [6.45, 7) is 3.52. The van der Waals surface area contributed by atoms with Crippen molar-refractivity contribution in [2.24, 2.45) is 0 Å². The number of benzene rings is 1. The lowest BCUT2D eigenvalue weighted by atomic mass is 10.2. The van der Waals surface area contributed by atoms with Crippen molar-refractivity contribution in [2.45, 2.75) is 6.42 Å². The highest BCUT2D eigenvalue weighted by atomic mass is 32.1. The van der Waals surface area contributed by atoms with Crippen molar-refractivity contribution in [3.05, 3.63) is 29.8 Å². The van der Waals surface area contributed by atoms with Crippen molar-refractivity contribution in [2.75, 3.05) is 49.3 Å². The van der Waals surface area contributed by atoms with E-state index in [9.17, 15) is 4.79 Å². The van der Waals surface area contributed by atoms with Crippen LogP contribution < -0.4 is 14.5 Å². The Labute approximate surface area is 144 Å². The number of aromatic nitrogens is 2. The average Bonchev–Trinajstić information content (AvgIpc) is 3.27. The summed E-state index contributed by atoms with van der Waals surface area (Å²) in [5, 5.41) is 0. The molecule has 0 atom stereocenters. The first-order valence-electron chi connectivity index (χ1n) is 7.99. The second-order valence-electron chi connectivity index (χ2n) is 5.71. The Balaban J connectivity index is 1.41. The molecule has 0 bridgehead atoms. The predicted octanol–water partition coefficient (Wildman–Crippen LogP) is 1.34. The minimum atomic E-state index is -0.0547. The number of carbonyl (C=O) groups excluding carboxylic acids is 1. The van der Waals surface area contributed by atoms with Gasteiger partial charge in [-0.15, -0.1) is 4.37 Å². The lowest BCUT2D eigenvalue weighted by Crippen LogP contribution is -2.37. The summed E-state index contributed by atoms with van der Waals surface area (Å²) < 4.78 is 19.5. The fraction of sp³-hybridized carbons (Fsp3) is 0.438. The van der Waals surface area contributed by atoms with Crippen LogP contribution in [0.5, 0.6) is 5.88 Å². The number of hydrogen-bond donors (Lipinski definition) is 0. The van der Waals surface area contributed by atoms with Crippen LogP contribution in [0.25, 0.3) is 0 Å². The first-order chi connectivity index (χ1) is 11.8. The van der Waals surface area contributed by atoms with Crippen LogP contribution >= 0.6 is 11.7 Å². The molecule has 126 valence electrons. The van der Waals surface area contributed by atoms with Crippen LogP contribution in [0.4, 0.5) is 11.5 Å². The number of ether oxygens (including phenoxy) is 2. The van der Waals surface area contributed by atoms with Crippen LogP contribution in [0.15, 0.2) is 24.3 Å². The Hall–Kier alpha value is -2.19. The molecule has 0 aliphatic carbocycles. The smallest absolute Gasteiger partial charge is 0.271 e. The van der Waals surface area contributed by atoms with Gasteiger partial charge < -0.3 is 19.3 Å². The van der Waals surface area contributed by atoms with Gasteiger partial charge >= 0.3 is 0 Å². The summed E-state index contributed by atoms with van der Waals surface area (Å²) in [6.07, 6.45) is 0.888. The number of nitrogens with zero attached hydrogens (tertiary/aromatic N) is 4. The molecule has 0 unspecified atom stereocenters. The SMILES string of the molecule is O=C(COc1nsnc1N1CCOCC1)N1CCc2ccccc21. The maximum Gasteiger partial charge on any atom is 0.271 e. The normalized spacial score (nSPS) is 17.0. The molecule has 3 heterocycles. The second kappa shape index (κ2) is 6.74. The standard InChI is InChI=1S/C16H18N4O3S/c21-14(20-6-5-12-3-1-2-4-13(12)20)11-23-16-15(17-24-18-16)19-7-9-22-10-8-19/h1-4H,5-11H2. The summed E-state index contributed by atoms with van der Waals surface area (Å²) in [5.74, 6) is 1.08. The van der Waals surface area contributed by atoms with Gasteiger partial charge in [0.15, 0.2) is 6.61 Å². The Morgan fingerprint density at radius 3 is 2.92 bits per heavy atom. The van der Waals surface area contributed by atoms with E-state index in [0.29, 0.717) is 31.5 Å². The Morgan fingerprint density at radius 2 is 2.04 bits per heavy atom. The van der Waals surface area contributed by atoms with Crippen LogP contribution in [0.2, 0.25) is 0 Å². The van der Waals surface area contributed by atoms with E-state index in [1.54, 1.807) is 4.90 Å². The maximum absolute atomic E-state index is 12.5. The number of rotatable bonds is 4. The van der Waals surface area contributed by atoms with Crippen molar-refractivity contribution in [1.29, 1.82) is 0 Å². The number of amides is 1. The quantitative estimate of drug-likeness (QED) is 0.832. The monoisotopic (exact) mass is 346 g/mol. The van der Waals surface area contributed by atoms with Crippen LogP contribution in [-0.2, 0) is 16.0 Å². The minimum Gasteiger partial charge on any atom is -0.464 e. The van der Waals surface area contributed by atoms with E-state index in [4.69, 9.17) is 9.47 Å². The molecule has 7 nitrogen and oxygen atoms in total. The Kier molecular flexibility index (Phi) is 4.31. The van der Waals surface area contributed by atoms with Crippen molar-refractivity contribution in [3.63, 3.8) is 0 Å². The van der Waals surface area contributed by atoms with Crippen molar-refractivity contribution >= 4 is 29.1 Å². The number of carbonyl (C=O) groups is 1. The molecule has 0 spiro atoms. The lowest BCUT2D eigenvalue weighted by Gasteiger charge is -2.26. The van der Waals surface area contributed by atoms with E-state index in [-0.39, 0.29) is 12.5 Å². The predicted molar refractivity (Wildman–Crippen MR) is 90.9 cm³/mol. The van der Waals surface area contributed by atoms with Crippen LogP contribution in [-0.4, -0.2) is 54.1 Å². The summed E-state index contributed by atoms with van der Waals surface area (Å²) in [6, 6.07) is 7.99. The summed E-state index contributed by atoms with van der Waals surface area (Å²) in [4.78, 5) is 16.4. The van der Waals surface area contributed by atoms with E-state index >= 15 is 0 Å². The van der Waals surface area contributed by atoms with Gasteiger partial charge in [-0.05, 0) is 18.1 Å². The number of anilines is 2. The van der Waals surface area contributed by atoms with Gasteiger partial charge in [-0.25, -0.2) is 0 Å². The third-order valence-corrected chi connectivity index (χ3v) is 4.78. The van der Waals surface area contributed by atoms with E-state index < -0.39 is 0 Å². The zero-order valence-corrected chi connectivity index (χ0v) is 14.0. The molecule has 1 aromatic carbocycles. The van der Waals surface area contributed by atoms with Crippen LogP contribution in [0, 0.1) is 0 Å². The fourth-order valence-electron chi connectivity index (χ4n) is 3.04. The first kappa shape index (κ1) is 15.3. The van der Waals surface area contributed by atoms with Crippen molar-refractivity contribution < 1.29 is 14.3 Å². The molecule has 1 saturated heterocycles. The Morgan fingerprint density at radius 1 is 1.21 bits per heavy atom. The average molecular weight is 346 g/mol. The third-order valence-electron chi connectivity index (χ3n) is 4.27. The molecule has 2 aromatic rings.